The third-order valence-electron chi connectivity index (χ3n) is 4.10. The van der Waals surface area contributed by atoms with E-state index in [1.807, 2.05) is 30.3 Å². The summed E-state index contributed by atoms with van der Waals surface area (Å²) >= 11 is 0. The van der Waals surface area contributed by atoms with Crippen molar-refractivity contribution in [2.24, 2.45) is 0 Å². The molecule has 2 N–H and O–H groups in total. The highest BCUT2D eigenvalue weighted by atomic mass is 16.2. The van der Waals surface area contributed by atoms with Gasteiger partial charge in [0.25, 0.3) is 5.91 Å². The lowest BCUT2D eigenvalue weighted by atomic mass is 10.1. The van der Waals surface area contributed by atoms with Crippen LogP contribution in [0.3, 0.4) is 0 Å². The number of nitrogens with one attached hydrogen (secondary N) is 2. The third kappa shape index (κ3) is 2.80. The third-order valence-corrected chi connectivity index (χ3v) is 4.10. The molecule has 0 fully saturated rings. The molecule has 0 saturated carbocycles. The lowest BCUT2D eigenvalue weighted by Gasteiger charge is -2.22. The van der Waals surface area contributed by atoms with Gasteiger partial charge in [-0.3, -0.25) is 19.9 Å². The molecule has 3 aromatic heterocycles. The monoisotopic (exact) mass is 344 g/mol. The minimum absolute atomic E-state index is 0.199. The summed E-state index contributed by atoms with van der Waals surface area (Å²) in [4.78, 5) is 21.7. The van der Waals surface area contributed by atoms with Crippen LogP contribution in [0.25, 0.3) is 22.2 Å². The number of nitrogens with zero attached hydrogens (tertiary/aromatic N) is 4. The van der Waals surface area contributed by atoms with Gasteiger partial charge in [-0.1, -0.05) is 0 Å². The summed E-state index contributed by atoms with van der Waals surface area (Å²) in [6.07, 6.45) is 6.76. The number of pyridine rings is 2. The average Bonchev–Trinajstić information content (AvgIpc) is 3.17. The van der Waals surface area contributed by atoms with E-state index in [2.05, 4.69) is 25.6 Å². The molecule has 1 aromatic carbocycles. The van der Waals surface area contributed by atoms with Gasteiger partial charge in [0, 0.05) is 36.6 Å². The molecular formula is C19H16N6O. The summed E-state index contributed by atoms with van der Waals surface area (Å²) < 4.78 is 0. The van der Waals surface area contributed by atoms with E-state index in [-0.39, 0.29) is 5.91 Å². The van der Waals surface area contributed by atoms with E-state index >= 15 is 0 Å². The first-order valence-electron chi connectivity index (χ1n) is 8.08. The second-order valence-electron chi connectivity index (χ2n) is 5.64. The number of benzene rings is 1. The Morgan fingerprint density at radius 3 is 2.77 bits per heavy atom. The Balaban J connectivity index is 1.76. The van der Waals surface area contributed by atoms with Gasteiger partial charge in [0.2, 0.25) is 0 Å². The van der Waals surface area contributed by atoms with Crippen LogP contribution >= 0.6 is 0 Å². The Kier molecular flexibility index (Phi) is 4.12. The lowest BCUT2D eigenvalue weighted by Crippen LogP contribution is -2.41. The number of aromatic nitrogens is 4. The van der Waals surface area contributed by atoms with Gasteiger partial charge >= 0.3 is 0 Å². The van der Waals surface area contributed by atoms with Crippen molar-refractivity contribution in [2.75, 3.05) is 12.1 Å². The normalized spacial score (nSPS) is 10.8. The van der Waals surface area contributed by atoms with Crippen LogP contribution in [0.2, 0.25) is 0 Å². The van der Waals surface area contributed by atoms with Crippen LogP contribution < -0.4 is 10.4 Å². The number of anilines is 1. The van der Waals surface area contributed by atoms with Gasteiger partial charge in [0.05, 0.1) is 28.7 Å². The quantitative estimate of drug-likeness (QED) is 0.556. The predicted octanol–water partition coefficient (Wildman–Crippen LogP) is 2.80. The Hall–Kier alpha value is -3.58. The molecule has 26 heavy (non-hydrogen) atoms. The van der Waals surface area contributed by atoms with Gasteiger partial charge in [-0.2, -0.15) is 5.10 Å². The largest absolute Gasteiger partial charge is 0.278 e. The minimum Gasteiger partial charge on any atom is -0.278 e. The van der Waals surface area contributed by atoms with Gasteiger partial charge < -0.3 is 0 Å². The van der Waals surface area contributed by atoms with Crippen molar-refractivity contribution >= 4 is 22.5 Å². The fraction of sp³-hybridized carbons (Fsp3) is 0.0526. The molecule has 1 amide bonds. The first-order valence-corrected chi connectivity index (χ1v) is 8.08. The van der Waals surface area contributed by atoms with E-state index in [1.165, 1.54) is 5.01 Å². The second kappa shape index (κ2) is 6.73. The first kappa shape index (κ1) is 15.9. The van der Waals surface area contributed by atoms with Crippen molar-refractivity contribution in [1.29, 1.82) is 0 Å². The maximum absolute atomic E-state index is 13.2. The maximum atomic E-state index is 13.2. The maximum Gasteiger partial charge on any atom is 0.274 e. The molecule has 0 aliphatic carbocycles. The molecule has 4 aromatic rings. The Labute approximate surface area is 149 Å². The molecule has 0 bridgehead atoms. The van der Waals surface area contributed by atoms with Crippen molar-refractivity contribution in [3.63, 3.8) is 0 Å². The number of rotatable bonds is 4. The van der Waals surface area contributed by atoms with E-state index in [4.69, 9.17) is 0 Å². The number of fused-ring (bicyclic) bond motifs is 1. The molecule has 0 saturated heterocycles. The summed E-state index contributed by atoms with van der Waals surface area (Å²) in [7, 11) is 1.71. The molecule has 0 spiro atoms. The van der Waals surface area contributed by atoms with E-state index in [0.29, 0.717) is 11.3 Å². The smallest absolute Gasteiger partial charge is 0.274 e. The van der Waals surface area contributed by atoms with Crippen LogP contribution in [0.1, 0.15) is 10.4 Å². The van der Waals surface area contributed by atoms with Gasteiger partial charge in [-0.05, 0) is 42.5 Å². The van der Waals surface area contributed by atoms with E-state index < -0.39 is 0 Å². The average molecular weight is 344 g/mol. The Bertz CT molecular complexity index is 1060. The topological polar surface area (TPSA) is 86.8 Å². The minimum atomic E-state index is -0.199. The molecule has 128 valence electrons. The fourth-order valence-corrected chi connectivity index (χ4v) is 2.86. The van der Waals surface area contributed by atoms with Crippen LogP contribution in [0.15, 0.2) is 67.3 Å². The van der Waals surface area contributed by atoms with Gasteiger partial charge in [0.1, 0.15) is 0 Å². The van der Waals surface area contributed by atoms with Crippen molar-refractivity contribution < 1.29 is 4.79 Å². The van der Waals surface area contributed by atoms with E-state index in [0.717, 1.165) is 22.2 Å². The number of carbonyl (C=O) groups is 1. The zero-order chi connectivity index (χ0) is 17.9. The molecule has 0 aliphatic heterocycles. The van der Waals surface area contributed by atoms with Gasteiger partial charge in [0.15, 0.2) is 0 Å². The molecular weight excluding hydrogens is 328 g/mol. The van der Waals surface area contributed by atoms with E-state index in [1.54, 1.807) is 44.0 Å². The fourth-order valence-electron chi connectivity index (χ4n) is 2.86. The highest BCUT2D eigenvalue weighted by molar-refractivity contribution is 6.09. The van der Waals surface area contributed by atoms with Crippen molar-refractivity contribution in [2.45, 2.75) is 0 Å². The molecule has 0 unspecified atom stereocenters. The number of hydrogen-bond donors (Lipinski definition) is 2. The number of amides is 1. The van der Waals surface area contributed by atoms with Crippen LogP contribution in [0.4, 0.5) is 5.69 Å². The highest BCUT2D eigenvalue weighted by Crippen LogP contribution is 2.25. The zero-order valence-corrected chi connectivity index (χ0v) is 14.0. The number of aromatic amines is 1. The molecule has 0 aliphatic rings. The summed E-state index contributed by atoms with van der Waals surface area (Å²) in [5.74, 6) is -0.199. The van der Waals surface area contributed by atoms with Crippen LogP contribution in [-0.4, -0.2) is 33.1 Å². The molecule has 7 nitrogen and oxygen atoms in total. The van der Waals surface area contributed by atoms with Crippen molar-refractivity contribution in [3.05, 3.63) is 72.8 Å². The molecule has 3 heterocycles. The van der Waals surface area contributed by atoms with E-state index in [9.17, 15) is 4.79 Å². The molecule has 7 heteroatoms. The molecule has 0 radical (unpaired) electrons. The van der Waals surface area contributed by atoms with Gasteiger partial charge in [-0.15, -0.1) is 0 Å². The Morgan fingerprint density at radius 2 is 1.96 bits per heavy atom. The number of H-pyrrole nitrogens is 1. The summed E-state index contributed by atoms with van der Waals surface area (Å²) in [6, 6.07) is 12.8. The highest BCUT2D eigenvalue weighted by Gasteiger charge is 2.21. The second-order valence-corrected chi connectivity index (χ2v) is 5.64. The SMILES string of the molecule is CNN(C(=O)c1cccnc1-c1ccncc1)c1ccc2[nH]ncc2c1. The van der Waals surface area contributed by atoms with Crippen molar-refractivity contribution in [1.82, 2.24) is 25.6 Å². The standard InChI is InChI=1S/C19H16N6O/c1-20-25(15-4-5-17-14(11-15)12-23-24-17)19(26)16-3-2-8-22-18(16)13-6-9-21-10-7-13/h2-12,20H,1H3,(H,23,24). The van der Waals surface area contributed by atoms with Crippen LogP contribution in [0, 0.1) is 0 Å². The zero-order valence-electron chi connectivity index (χ0n) is 14.0. The van der Waals surface area contributed by atoms with Crippen LogP contribution in [-0.2, 0) is 0 Å². The first-order chi connectivity index (χ1) is 12.8. The number of hydrogen-bond acceptors (Lipinski definition) is 5. The number of carbonyl (C=O) groups excluding carboxylic acids is 1. The number of hydrazine groups is 1. The van der Waals surface area contributed by atoms with Gasteiger partial charge in [-0.25, -0.2) is 10.4 Å². The summed E-state index contributed by atoms with van der Waals surface area (Å²) in [5.41, 5.74) is 6.55. The molecule has 0 atom stereocenters. The van der Waals surface area contributed by atoms with Crippen molar-refractivity contribution in [3.8, 4) is 11.3 Å². The summed E-state index contributed by atoms with van der Waals surface area (Å²) in [5, 5.41) is 9.35. The molecule has 4 rings (SSSR count). The lowest BCUT2D eigenvalue weighted by molar-refractivity contribution is 0.0977. The summed E-state index contributed by atoms with van der Waals surface area (Å²) in [6.45, 7) is 0. The predicted molar refractivity (Wildman–Crippen MR) is 99.4 cm³/mol. The van der Waals surface area contributed by atoms with Crippen LogP contribution in [0.5, 0.6) is 0 Å². The Morgan fingerprint density at radius 1 is 1.12 bits per heavy atom.